The van der Waals surface area contributed by atoms with Gasteiger partial charge in [0.05, 0.1) is 6.33 Å². The zero-order chi connectivity index (χ0) is 31.3. The predicted molar refractivity (Wildman–Crippen MR) is 163 cm³/mol. The maximum Gasteiger partial charge on any atom is 0.328 e. The van der Waals surface area contributed by atoms with E-state index in [0.717, 1.165) is 30.4 Å². The summed E-state index contributed by atoms with van der Waals surface area (Å²) in [6, 6.07) is 17.8. The number of nitrogens with zero attached hydrogens (tertiary/aromatic N) is 3. The van der Waals surface area contributed by atoms with Gasteiger partial charge in [-0.05, 0) is 66.3 Å². The summed E-state index contributed by atoms with van der Waals surface area (Å²) in [6.45, 7) is 2.95. The second kappa shape index (κ2) is 13.7. The lowest BCUT2D eigenvalue weighted by Gasteiger charge is -2.40. The van der Waals surface area contributed by atoms with Crippen molar-refractivity contribution in [2.24, 2.45) is 18.9 Å². The Bertz CT molecular complexity index is 1580. The predicted octanol–water partition coefficient (Wildman–Crippen LogP) is 3.08. The van der Waals surface area contributed by atoms with E-state index in [0.29, 0.717) is 24.1 Å². The van der Waals surface area contributed by atoms with Crippen molar-refractivity contribution in [2.75, 3.05) is 26.2 Å². The molecule has 44 heavy (non-hydrogen) atoms. The quantitative estimate of drug-likeness (QED) is 0.217. The second-order valence-electron chi connectivity index (χ2n) is 11.6. The largest absolute Gasteiger partial charge is 0.492 e. The van der Waals surface area contributed by atoms with E-state index in [1.165, 1.54) is 55.1 Å². The standard InChI is InChI=1S/C28H34N4O3S.C4H4O4/c1-31-18-28(29-19-31)36(33,34)30-11-12-35-24-9-7-21-8-10-27(32-16-22-14-23(22)17-32)26(25(21)15-24)13-20-5-3-2-4-6-20;5-3(6)1-2-4(7)8/h2-7,9,15,18-19,22-23,26-27,30H,8,10-14,16-17H2,1H3;1-2H,(H,5,6)(H,7,8). The van der Waals surface area contributed by atoms with Crippen molar-refractivity contribution < 1.29 is 33.0 Å². The first kappa shape index (κ1) is 31.4. The number of carbonyl (C=O) groups is 2. The van der Waals surface area contributed by atoms with Crippen LogP contribution in [0.3, 0.4) is 0 Å². The molecule has 1 aliphatic heterocycles. The molecule has 2 aromatic carbocycles. The number of sulfonamides is 1. The van der Waals surface area contributed by atoms with Gasteiger partial charge in [-0.2, -0.15) is 0 Å². The summed E-state index contributed by atoms with van der Waals surface area (Å²) in [5.74, 6) is 0.565. The van der Waals surface area contributed by atoms with Crippen molar-refractivity contribution in [1.82, 2.24) is 19.2 Å². The molecule has 0 radical (unpaired) electrons. The van der Waals surface area contributed by atoms with Gasteiger partial charge in [0.15, 0.2) is 5.03 Å². The molecule has 2 fully saturated rings. The van der Waals surface area contributed by atoms with Crippen LogP contribution in [0.15, 0.2) is 78.2 Å². The lowest BCUT2D eigenvalue weighted by Crippen LogP contribution is -2.42. The number of rotatable bonds is 11. The Balaban J connectivity index is 0.000000426. The van der Waals surface area contributed by atoms with Crippen LogP contribution in [0.1, 0.15) is 35.4 Å². The highest BCUT2D eigenvalue weighted by Crippen LogP contribution is 2.49. The van der Waals surface area contributed by atoms with Gasteiger partial charge in [0, 0.05) is 57.0 Å². The Kier molecular flexibility index (Phi) is 9.82. The molecular formula is C32H38N4O7S. The summed E-state index contributed by atoms with van der Waals surface area (Å²) in [4.78, 5) is 25.8. The summed E-state index contributed by atoms with van der Waals surface area (Å²) in [7, 11) is -1.89. The third-order valence-electron chi connectivity index (χ3n) is 8.45. The summed E-state index contributed by atoms with van der Waals surface area (Å²) < 4.78 is 35.0. The molecule has 1 saturated heterocycles. The van der Waals surface area contributed by atoms with Crippen LogP contribution in [0, 0.1) is 11.8 Å². The van der Waals surface area contributed by atoms with Gasteiger partial charge < -0.3 is 19.5 Å². The summed E-state index contributed by atoms with van der Waals surface area (Å²) in [5.41, 5.74) is 4.18. The van der Waals surface area contributed by atoms with Gasteiger partial charge in [0.1, 0.15) is 12.4 Å². The highest BCUT2D eigenvalue weighted by molar-refractivity contribution is 7.89. The maximum absolute atomic E-state index is 12.4. The van der Waals surface area contributed by atoms with Crippen molar-refractivity contribution >= 4 is 22.0 Å². The lowest BCUT2D eigenvalue weighted by molar-refractivity contribution is -0.134. The SMILES string of the molecule is Cn1cnc(S(=O)(=O)NCCOc2ccc3c(c2)C(Cc2ccccc2)C(N2CC4CC4C2)CC3)c1.O=C(O)C=CC(=O)O. The van der Waals surface area contributed by atoms with Crippen LogP contribution in [0.4, 0.5) is 0 Å². The van der Waals surface area contributed by atoms with E-state index < -0.39 is 22.0 Å². The highest BCUT2D eigenvalue weighted by atomic mass is 32.2. The Labute approximate surface area is 257 Å². The fourth-order valence-electron chi connectivity index (χ4n) is 6.29. The lowest BCUT2D eigenvalue weighted by atomic mass is 9.75. The van der Waals surface area contributed by atoms with Crippen LogP contribution < -0.4 is 9.46 Å². The van der Waals surface area contributed by atoms with E-state index in [4.69, 9.17) is 14.9 Å². The molecule has 11 nitrogen and oxygen atoms in total. The van der Waals surface area contributed by atoms with Crippen LogP contribution >= 0.6 is 0 Å². The molecule has 6 rings (SSSR count). The van der Waals surface area contributed by atoms with Crippen LogP contribution in [0.5, 0.6) is 5.75 Å². The van der Waals surface area contributed by atoms with Crippen molar-refractivity contribution in [3.05, 3.63) is 89.9 Å². The number of hydrogen-bond acceptors (Lipinski definition) is 7. The van der Waals surface area contributed by atoms with E-state index in [1.807, 2.05) is 6.07 Å². The van der Waals surface area contributed by atoms with E-state index in [9.17, 15) is 18.0 Å². The average Bonchev–Trinajstić information content (AvgIpc) is 3.35. The molecule has 3 N–H and O–H groups in total. The Hall–Kier alpha value is -4.00. The number of piperidine rings is 1. The van der Waals surface area contributed by atoms with Crippen LogP contribution in [0.25, 0.3) is 0 Å². The highest BCUT2D eigenvalue weighted by Gasteiger charge is 2.48. The Morgan fingerprint density at radius 2 is 1.77 bits per heavy atom. The molecule has 0 amide bonds. The summed E-state index contributed by atoms with van der Waals surface area (Å²) in [5, 5.41) is 15.6. The molecule has 2 aliphatic carbocycles. The van der Waals surface area contributed by atoms with Crippen molar-refractivity contribution in [1.29, 1.82) is 0 Å². The van der Waals surface area contributed by atoms with E-state index in [2.05, 4.69) is 57.1 Å². The molecule has 3 aromatic rings. The molecule has 234 valence electrons. The van der Waals surface area contributed by atoms with Gasteiger partial charge in [0.25, 0.3) is 10.0 Å². The molecule has 12 heteroatoms. The molecule has 4 unspecified atom stereocenters. The van der Waals surface area contributed by atoms with Crippen LogP contribution in [-0.2, 0) is 39.5 Å². The fourth-order valence-corrected chi connectivity index (χ4v) is 7.28. The number of carboxylic acids is 2. The van der Waals surface area contributed by atoms with Gasteiger partial charge in [-0.15, -0.1) is 0 Å². The molecule has 0 spiro atoms. The first-order valence-electron chi connectivity index (χ1n) is 14.7. The number of aliphatic carboxylic acids is 2. The number of imidazole rings is 1. The number of likely N-dealkylation sites (tertiary alicyclic amines) is 1. The molecule has 3 aliphatic rings. The zero-order valence-corrected chi connectivity index (χ0v) is 25.4. The second-order valence-corrected chi connectivity index (χ2v) is 13.3. The molecular weight excluding hydrogens is 584 g/mol. The van der Waals surface area contributed by atoms with E-state index in [1.54, 1.807) is 11.6 Å². The fraction of sp³-hybridized carbons (Fsp3) is 0.406. The van der Waals surface area contributed by atoms with Crippen LogP contribution in [0.2, 0.25) is 0 Å². The van der Waals surface area contributed by atoms with Crippen LogP contribution in [-0.4, -0.2) is 77.3 Å². The Morgan fingerprint density at radius 1 is 1.07 bits per heavy atom. The maximum atomic E-state index is 12.4. The average molecular weight is 623 g/mol. The minimum atomic E-state index is -3.64. The number of nitrogens with one attached hydrogen (secondary N) is 1. The monoisotopic (exact) mass is 622 g/mol. The van der Waals surface area contributed by atoms with Crippen molar-refractivity contribution in [2.45, 2.75) is 42.7 Å². The molecule has 0 bridgehead atoms. The van der Waals surface area contributed by atoms with Crippen molar-refractivity contribution in [3.8, 4) is 5.75 Å². The number of benzene rings is 2. The number of ether oxygens (including phenoxy) is 1. The summed E-state index contributed by atoms with van der Waals surface area (Å²) >= 11 is 0. The Morgan fingerprint density at radius 3 is 2.41 bits per heavy atom. The number of fused-ring (bicyclic) bond motifs is 2. The number of aromatic nitrogens is 2. The third kappa shape index (κ3) is 8.13. The minimum absolute atomic E-state index is 0.0214. The van der Waals surface area contributed by atoms with E-state index in [-0.39, 0.29) is 18.2 Å². The first-order chi connectivity index (χ1) is 21.1. The van der Waals surface area contributed by atoms with E-state index >= 15 is 0 Å². The first-order valence-corrected chi connectivity index (χ1v) is 16.2. The molecule has 2 heterocycles. The number of hydrogen-bond donors (Lipinski definition) is 3. The zero-order valence-electron chi connectivity index (χ0n) is 24.6. The third-order valence-corrected chi connectivity index (χ3v) is 9.80. The minimum Gasteiger partial charge on any atom is -0.492 e. The molecule has 1 saturated carbocycles. The van der Waals surface area contributed by atoms with Crippen molar-refractivity contribution in [3.63, 3.8) is 0 Å². The van der Waals surface area contributed by atoms with Gasteiger partial charge in [-0.3, -0.25) is 4.90 Å². The summed E-state index contributed by atoms with van der Waals surface area (Å²) in [6.07, 6.45) is 8.83. The molecule has 1 aromatic heterocycles. The number of carboxylic acid groups (broad SMARTS) is 2. The van der Waals surface area contributed by atoms with Gasteiger partial charge in [-0.25, -0.2) is 27.7 Å². The number of aryl methyl sites for hydroxylation is 2. The van der Waals surface area contributed by atoms with Gasteiger partial charge in [-0.1, -0.05) is 36.4 Å². The van der Waals surface area contributed by atoms with Gasteiger partial charge >= 0.3 is 11.9 Å². The normalized spacial score (nSPS) is 22.5. The van der Waals surface area contributed by atoms with Gasteiger partial charge in [0.2, 0.25) is 0 Å². The molecule has 4 atom stereocenters. The topological polar surface area (TPSA) is 151 Å². The smallest absolute Gasteiger partial charge is 0.328 e.